The molecular weight excluding hydrogens is 448 g/mol. The molecule has 9 nitrogen and oxygen atoms in total. The Labute approximate surface area is 192 Å². The standard InChI is InChI=1S/C23H18N2O7S/c1-30-14-8-7-10(22(28)31-2)9-12(14)25-20(26)16-15-11-5-3-4-6-13(11)32-23(29)17(15)19(24)33-18(16)21(25)27/h3-9,15-16,18H,24H2,1-2H3/t15-,16+,18+/m0/s1. The van der Waals surface area contributed by atoms with Crippen molar-refractivity contribution in [3.8, 4) is 11.5 Å². The molecule has 10 heteroatoms. The summed E-state index contributed by atoms with van der Waals surface area (Å²) in [6.45, 7) is 0. The molecular formula is C23H18N2O7S. The van der Waals surface area contributed by atoms with Crippen LogP contribution in [0.25, 0.3) is 0 Å². The average Bonchev–Trinajstić information content (AvgIpc) is 3.07. The molecule has 0 bridgehead atoms. The van der Waals surface area contributed by atoms with E-state index in [-0.39, 0.29) is 27.6 Å². The van der Waals surface area contributed by atoms with Crippen LogP contribution in [0.1, 0.15) is 21.8 Å². The smallest absolute Gasteiger partial charge is 0.342 e. The summed E-state index contributed by atoms with van der Waals surface area (Å²) >= 11 is 0.972. The van der Waals surface area contributed by atoms with Crippen LogP contribution in [0.2, 0.25) is 0 Å². The van der Waals surface area contributed by atoms with Crippen LogP contribution < -0.4 is 20.1 Å². The van der Waals surface area contributed by atoms with Gasteiger partial charge in [-0.1, -0.05) is 30.0 Å². The van der Waals surface area contributed by atoms with Gasteiger partial charge in [0.15, 0.2) is 0 Å². The van der Waals surface area contributed by atoms with E-state index in [9.17, 15) is 19.2 Å². The van der Waals surface area contributed by atoms with E-state index in [4.69, 9.17) is 19.9 Å². The SMILES string of the molecule is COC(=O)c1ccc(OC)c(N2C(=O)[C@H]3[C@@H](SC(N)=C4C(=O)Oc5ccccc5[C@H]43)C2=O)c1. The zero-order valence-electron chi connectivity index (χ0n) is 17.6. The Morgan fingerprint density at radius 2 is 1.85 bits per heavy atom. The van der Waals surface area contributed by atoms with E-state index >= 15 is 0 Å². The fraction of sp³-hybridized carbons (Fsp3) is 0.217. The number of fused-ring (bicyclic) bond motifs is 5. The van der Waals surface area contributed by atoms with E-state index in [0.717, 1.165) is 16.7 Å². The number of amides is 2. The van der Waals surface area contributed by atoms with Crippen molar-refractivity contribution in [2.75, 3.05) is 19.1 Å². The largest absolute Gasteiger partial charge is 0.495 e. The molecule has 0 aromatic heterocycles. The zero-order valence-corrected chi connectivity index (χ0v) is 18.4. The number of para-hydroxylation sites is 1. The highest BCUT2D eigenvalue weighted by molar-refractivity contribution is 8.04. The summed E-state index contributed by atoms with van der Waals surface area (Å²) in [4.78, 5) is 53.1. The van der Waals surface area contributed by atoms with Gasteiger partial charge in [-0.25, -0.2) is 14.5 Å². The van der Waals surface area contributed by atoms with Crippen molar-refractivity contribution in [3.63, 3.8) is 0 Å². The lowest BCUT2D eigenvalue weighted by Gasteiger charge is -2.36. The van der Waals surface area contributed by atoms with Crippen LogP contribution in [0.4, 0.5) is 5.69 Å². The van der Waals surface area contributed by atoms with Gasteiger partial charge in [-0.2, -0.15) is 0 Å². The quantitative estimate of drug-likeness (QED) is 0.410. The van der Waals surface area contributed by atoms with Gasteiger partial charge in [0.2, 0.25) is 11.8 Å². The third kappa shape index (κ3) is 3.01. The average molecular weight is 466 g/mol. The number of methoxy groups -OCH3 is 2. The van der Waals surface area contributed by atoms with Gasteiger partial charge in [-0.3, -0.25) is 9.59 Å². The van der Waals surface area contributed by atoms with Crippen molar-refractivity contribution in [3.05, 3.63) is 64.2 Å². The molecule has 1 saturated heterocycles. The molecule has 2 amide bonds. The Morgan fingerprint density at radius 1 is 1.09 bits per heavy atom. The van der Waals surface area contributed by atoms with Gasteiger partial charge in [0.1, 0.15) is 16.7 Å². The molecule has 0 unspecified atom stereocenters. The summed E-state index contributed by atoms with van der Waals surface area (Å²) in [6.07, 6.45) is 0. The first-order valence-electron chi connectivity index (χ1n) is 9.99. The molecule has 3 heterocycles. The summed E-state index contributed by atoms with van der Waals surface area (Å²) < 4.78 is 15.5. The molecule has 168 valence electrons. The molecule has 1 fully saturated rings. The molecule has 3 atom stereocenters. The topological polar surface area (TPSA) is 125 Å². The predicted molar refractivity (Wildman–Crippen MR) is 118 cm³/mol. The lowest BCUT2D eigenvalue weighted by molar-refractivity contribution is -0.131. The number of nitrogens with zero attached hydrogens (tertiary/aromatic N) is 1. The Morgan fingerprint density at radius 3 is 2.58 bits per heavy atom. The number of carbonyl (C=O) groups is 4. The molecule has 33 heavy (non-hydrogen) atoms. The molecule has 0 saturated carbocycles. The second kappa shape index (κ2) is 7.66. The lowest BCUT2D eigenvalue weighted by Crippen LogP contribution is -2.39. The minimum absolute atomic E-state index is 0.122. The molecule has 0 spiro atoms. The van der Waals surface area contributed by atoms with E-state index in [1.54, 1.807) is 24.3 Å². The van der Waals surface area contributed by atoms with Gasteiger partial charge < -0.3 is 19.9 Å². The van der Waals surface area contributed by atoms with Crippen LogP contribution in [0.5, 0.6) is 11.5 Å². The van der Waals surface area contributed by atoms with E-state index < -0.39 is 40.8 Å². The fourth-order valence-corrected chi connectivity index (χ4v) is 5.79. The highest BCUT2D eigenvalue weighted by Gasteiger charge is 2.59. The van der Waals surface area contributed by atoms with Crippen LogP contribution in [0.15, 0.2) is 53.1 Å². The number of ether oxygens (including phenoxy) is 3. The van der Waals surface area contributed by atoms with Crippen molar-refractivity contribution >= 4 is 41.2 Å². The second-order valence-corrected chi connectivity index (χ2v) is 8.82. The van der Waals surface area contributed by atoms with Crippen molar-refractivity contribution in [1.82, 2.24) is 0 Å². The number of hydrogen-bond donors (Lipinski definition) is 1. The zero-order chi connectivity index (χ0) is 23.4. The summed E-state index contributed by atoms with van der Waals surface area (Å²) in [7, 11) is 2.63. The van der Waals surface area contributed by atoms with Gasteiger partial charge in [-0.15, -0.1) is 0 Å². The molecule has 5 rings (SSSR count). The normalized spacial score (nSPS) is 23.5. The number of rotatable bonds is 3. The minimum Gasteiger partial charge on any atom is -0.495 e. The second-order valence-electron chi connectivity index (χ2n) is 7.64. The highest BCUT2D eigenvalue weighted by Crippen LogP contribution is 2.55. The number of anilines is 1. The highest BCUT2D eigenvalue weighted by atomic mass is 32.2. The number of carbonyl (C=O) groups excluding carboxylic acids is 4. The monoisotopic (exact) mass is 466 g/mol. The number of nitrogens with two attached hydrogens (primary N) is 1. The number of benzene rings is 2. The number of thioether (sulfide) groups is 1. The third-order valence-corrected chi connectivity index (χ3v) is 7.23. The van der Waals surface area contributed by atoms with Crippen molar-refractivity contribution in [2.45, 2.75) is 11.2 Å². The van der Waals surface area contributed by atoms with Crippen LogP contribution in [-0.2, 0) is 19.1 Å². The fourth-order valence-electron chi connectivity index (χ4n) is 4.55. The third-order valence-electron chi connectivity index (χ3n) is 6.00. The van der Waals surface area contributed by atoms with Gasteiger partial charge in [0, 0.05) is 11.5 Å². The van der Waals surface area contributed by atoms with Crippen LogP contribution in [0, 0.1) is 5.92 Å². The van der Waals surface area contributed by atoms with Gasteiger partial charge >= 0.3 is 11.9 Å². The molecule has 2 aromatic carbocycles. The molecule has 2 N–H and O–H groups in total. The first-order valence-corrected chi connectivity index (χ1v) is 10.9. The number of imide groups is 1. The first kappa shape index (κ1) is 21.1. The Hall–Kier alpha value is -3.79. The Balaban J connectivity index is 1.65. The van der Waals surface area contributed by atoms with Gasteiger partial charge in [0.05, 0.1) is 42.0 Å². The molecule has 3 aliphatic rings. The summed E-state index contributed by atoms with van der Waals surface area (Å²) in [5, 5.41) is -0.698. The van der Waals surface area contributed by atoms with Crippen LogP contribution >= 0.6 is 11.8 Å². The van der Waals surface area contributed by atoms with E-state index in [0.29, 0.717) is 11.3 Å². The molecule has 0 aliphatic carbocycles. The molecule has 3 aliphatic heterocycles. The number of esters is 2. The van der Waals surface area contributed by atoms with Crippen molar-refractivity contribution < 1.29 is 33.4 Å². The Bertz CT molecular complexity index is 1270. The maximum atomic E-state index is 13.8. The molecule has 0 radical (unpaired) electrons. The lowest BCUT2D eigenvalue weighted by atomic mass is 9.77. The maximum Gasteiger partial charge on any atom is 0.342 e. The van der Waals surface area contributed by atoms with Crippen molar-refractivity contribution in [1.29, 1.82) is 0 Å². The maximum absolute atomic E-state index is 13.8. The van der Waals surface area contributed by atoms with Gasteiger partial charge in [0.25, 0.3) is 0 Å². The summed E-state index contributed by atoms with van der Waals surface area (Å²) in [5.41, 5.74) is 7.27. The van der Waals surface area contributed by atoms with E-state index in [1.807, 2.05) is 0 Å². The van der Waals surface area contributed by atoms with Crippen LogP contribution in [0.3, 0.4) is 0 Å². The van der Waals surface area contributed by atoms with Crippen LogP contribution in [-0.4, -0.2) is 43.2 Å². The van der Waals surface area contributed by atoms with Gasteiger partial charge in [-0.05, 0) is 24.3 Å². The summed E-state index contributed by atoms with van der Waals surface area (Å²) in [5.74, 6) is -3.33. The van der Waals surface area contributed by atoms with Crippen molar-refractivity contribution in [2.24, 2.45) is 11.7 Å². The molecule has 2 aromatic rings. The van der Waals surface area contributed by atoms with E-state index in [1.165, 1.54) is 32.4 Å². The number of hydrogen-bond acceptors (Lipinski definition) is 9. The first-order chi connectivity index (χ1) is 15.9. The predicted octanol–water partition coefficient (Wildman–Crippen LogP) is 1.96. The van der Waals surface area contributed by atoms with E-state index in [2.05, 4.69) is 0 Å². The Kier molecular flexibility index (Phi) is 4.89. The summed E-state index contributed by atoms with van der Waals surface area (Å²) in [6, 6.07) is 11.2. The minimum atomic E-state index is -0.884.